The summed E-state index contributed by atoms with van der Waals surface area (Å²) in [7, 11) is -1.86. The molecule has 108 valence electrons. The fraction of sp³-hybridized carbons (Fsp3) is 0.250. The van der Waals surface area contributed by atoms with Crippen molar-refractivity contribution in [1.29, 1.82) is 0 Å². The number of nitrogens with zero attached hydrogens (tertiary/aromatic N) is 2. The van der Waals surface area contributed by atoms with E-state index in [1.807, 2.05) is 0 Å². The van der Waals surface area contributed by atoms with Crippen LogP contribution in [0, 0.1) is 6.92 Å². The van der Waals surface area contributed by atoms with E-state index in [1.165, 1.54) is 12.1 Å². The second kappa shape index (κ2) is 5.43. The van der Waals surface area contributed by atoms with Crippen molar-refractivity contribution < 1.29 is 8.42 Å². The summed E-state index contributed by atoms with van der Waals surface area (Å²) in [5.41, 5.74) is 6.55. The molecule has 0 unspecified atom stereocenters. The van der Waals surface area contributed by atoms with E-state index in [1.54, 1.807) is 30.9 Å². The van der Waals surface area contributed by atoms with E-state index >= 15 is 0 Å². The van der Waals surface area contributed by atoms with Crippen LogP contribution in [0.3, 0.4) is 0 Å². The first-order valence-corrected chi connectivity index (χ1v) is 7.69. The van der Waals surface area contributed by atoms with Crippen LogP contribution < -0.4 is 10.5 Å². The Bertz CT molecular complexity index is 717. The summed E-state index contributed by atoms with van der Waals surface area (Å²) >= 11 is 5.93. The minimum absolute atomic E-state index is 0.0890. The predicted molar refractivity (Wildman–Crippen MR) is 77.8 cm³/mol. The molecule has 3 N–H and O–H groups in total. The first kappa shape index (κ1) is 14.8. The first-order valence-electron chi connectivity index (χ1n) is 5.83. The van der Waals surface area contributed by atoms with Crippen molar-refractivity contribution in [3.63, 3.8) is 0 Å². The third kappa shape index (κ3) is 2.95. The molecular weight excluding hydrogens is 300 g/mol. The molecule has 20 heavy (non-hydrogen) atoms. The molecule has 1 aromatic carbocycles. The number of anilines is 1. The second-order valence-electron chi connectivity index (χ2n) is 4.42. The Morgan fingerprint density at radius 1 is 1.45 bits per heavy atom. The van der Waals surface area contributed by atoms with Gasteiger partial charge in [-0.3, -0.25) is 0 Å². The minimum Gasteiger partial charge on any atom is -0.397 e. The Balaban J connectivity index is 2.25. The Labute approximate surface area is 122 Å². The van der Waals surface area contributed by atoms with Gasteiger partial charge in [0.05, 0.1) is 22.2 Å². The topological polar surface area (TPSA) is 90.0 Å². The first-order chi connectivity index (χ1) is 9.31. The van der Waals surface area contributed by atoms with E-state index in [2.05, 4.69) is 9.71 Å². The van der Waals surface area contributed by atoms with Crippen molar-refractivity contribution in [2.45, 2.75) is 18.4 Å². The number of aromatic nitrogens is 2. The van der Waals surface area contributed by atoms with Crippen LogP contribution in [0.5, 0.6) is 0 Å². The van der Waals surface area contributed by atoms with Crippen LogP contribution in [0.1, 0.15) is 11.4 Å². The lowest BCUT2D eigenvalue weighted by Gasteiger charge is -2.10. The molecule has 0 saturated carbocycles. The van der Waals surface area contributed by atoms with Crippen LogP contribution in [0.2, 0.25) is 5.02 Å². The van der Waals surface area contributed by atoms with Crippen LogP contribution in [0.25, 0.3) is 0 Å². The second-order valence-corrected chi connectivity index (χ2v) is 6.57. The van der Waals surface area contributed by atoms with E-state index < -0.39 is 10.0 Å². The van der Waals surface area contributed by atoms with Gasteiger partial charge in [0.2, 0.25) is 10.0 Å². The summed E-state index contributed by atoms with van der Waals surface area (Å²) in [6, 6.07) is 2.83. The number of nitrogens with two attached hydrogens (primary N) is 1. The van der Waals surface area contributed by atoms with Crippen LogP contribution in [-0.2, 0) is 23.6 Å². The van der Waals surface area contributed by atoms with Crippen molar-refractivity contribution in [3.05, 3.63) is 40.9 Å². The maximum absolute atomic E-state index is 12.2. The van der Waals surface area contributed by atoms with Crippen molar-refractivity contribution in [1.82, 2.24) is 14.3 Å². The Morgan fingerprint density at radius 2 is 2.15 bits per heavy atom. The van der Waals surface area contributed by atoms with Gasteiger partial charge >= 0.3 is 0 Å². The number of nitrogen functional groups attached to an aromatic ring is 1. The van der Waals surface area contributed by atoms with E-state index in [4.69, 9.17) is 17.3 Å². The van der Waals surface area contributed by atoms with Crippen LogP contribution in [0.15, 0.2) is 29.4 Å². The maximum Gasteiger partial charge on any atom is 0.241 e. The largest absolute Gasteiger partial charge is 0.397 e. The molecule has 0 aliphatic carbocycles. The SMILES string of the molecule is Cc1cc(S(=O)(=O)NCc2nccn2C)cc(N)c1Cl. The van der Waals surface area contributed by atoms with Gasteiger partial charge in [0, 0.05) is 19.4 Å². The molecule has 0 radical (unpaired) electrons. The van der Waals surface area contributed by atoms with Crippen molar-refractivity contribution in [2.75, 3.05) is 5.73 Å². The maximum atomic E-state index is 12.2. The van der Waals surface area contributed by atoms with Gasteiger partial charge in [-0.15, -0.1) is 0 Å². The van der Waals surface area contributed by atoms with Crippen molar-refractivity contribution in [2.24, 2.45) is 7.05 Å². The Kier molecular flexibility index (Phi) is 4.03. The third-order valence-corrected chi connectivity index (χ3v) is 4.80. The van der Waals surface area contributed by atoms with Gasteiger partial charge in [-0.05, 0) is 24.6 Å². The molecule has 0 atom stereocenters. The monoisotopic (exact) mass is 314 g/mol. The fourth-order valence-corrected chi connectivity index (χ4v) is 2.94. The van der Waals surface area contributed by atoms with E-state index in [-0.39, 0.29) is 17.1 Å². The Morgan fingerprint density at radius 3 is 2.70 bits per heavy atom. The van der Waals surface area contributed by atoms with E-state index in [0.29, 0.717) is 16.4 Å². The Hall–Kier alpha value is -1.57. The fourth-order valence-electron chi connectivity index (χ4n) is 1.73. The number of nitrogens with one attached hydrogen (secondary N) is 1. The highest BCUT2D eigenvalue weighted by atomic mass is 35.5. The normalized spacial score (nSPS) is 11.8. The van der Waals surface area contributed by atoms with Crippen LogP contribution in [-0.4, -0.2) is 18.0 Å². The summed E-state index contributed by atoms with van der Waals surface area (Å²) in [6.07, 6.45) is 3.35. The molecule has 0 saturated heterocycles. The number of sulfonamides is 1. The highest BCUT2D eigenvalue weighted by Gasteiger charge is 2.17. The molecule has 0 bridgehead atoms. The average Bonchev–Trinajstić information content (AvgIpc) is 2.78. The van der Waals surface area contributed by atoms with E-state index in [9.17, 15) is 8.42 Å². The number of hydrogen-bond acceptors (Lipinski definition) is 4. The van der Waals surface area contributed by atoms with Gasteiger partial charge in [0.15, 0.2) is 0 Å². The molecule has 0 aliphatic heterocycles. The number of aryl methyl sites for hydroxylation is 2. The summed E-state index contributed by atoms with van der Waals surface area (Å²) in [5.74, 6) is 0.618. The van der Waals surface area contributed by atoms with Gasteiger partial charge in [0.1, 0.15) is 5.82 Å². The molecule has 2 rings (SSSR count). The van der Waals surface area contributed by atoms with Gasteiger partial charge in [-0.25, -0.2) is 18.1 Å². The number of rotatable bonds is 4. The minimum atomic E-state index is -3.66. The van der Waals surface area contributed by atoms with Crippen molar-refractivity contribution in [3.8, 4) is 0 Å². The zero-order chi connectivity index (χ0) is 14.9. The molecule has 2 aromatic rings. The average molecular weight is 315 g/mol. The zero-order valence-electron chi connectivity index (χ0n) is 11.1. The molecule has 0 amide bonds. The lowest BCUT2D eigenvalue weighted by atomic mass is 10.2. The highest BCUT2D eigenvalue weighted by Crippen LogP contribution is 2.26. The lowest BCUT2D eigenvalue weighted by molar-refractivity contribution is 0.577. The summed E-state index contributed by atoms with van der Waals surface area (Å²) in [6.45, 7) is 1.81. The summed E-state index contributed by atoms with van der Waals surface area (Å²) < 4.78 is 28.6. The van der Waals surface area contributed by atoms with Crippen molar-refractivity contribution >= 4 is 27.3 Å². The quantitative estimate of drug-likeness (QED) is 0.836. The molecule has 0 fully saturated rings. The predicted octanol–water partition coefficient (Wildman–Crippen LogP) is 1.44. The highest BCUT2D eigenvalue weighted by molar-refractivity contribution is 7.89. The molecule has 8 heteroatoms. The number of hydrogen-bond donors (Lipinski definition) is 2. The standard InChI is InChI=1S/C12H15ClN4O2S/c1-8-5-9(6-10(14)12(8)13)20(18,19)16-7-11-15-3-4-17(11)2/h3-6,16H,7,14H2,1-2H3. The third-order valence-electron chi connectivity index (χ3n) is 2.91. The molecule has 1 aromatic heterocycles. The molecule has 0 spiro atoms. The van der Waals surface area contributed by atoms with Gasteiger partial charge < -0.3 is 10.3 Å². The number of imidazole rings is 1. The van der Waals surface area contributed by atoms with Crippen LogP contribution >= 0.6 is 11.6 Å². The molecule has 0 aliphatic rings. The number of benzene rings is 1. The van der Waals surface area contributed by atoms with Gasteiger partial charge in [0.25, 0.3) is 0 Å². The molecule has 1 heterocycles. The summed E-state index contributed by atoms with van der Waals surface area (Å²) in [5, 5.41) is 0.369. The smallest absolute Gasteiger partial charge is 0.241 e. The number of halogens is 1. The van der Waals surface area contributed by atoms with Gasteiger partial charge in [-0.1, -0.05) is 11.6 Å². The molecular formula is C12H15ClN4O2S. The molecule has 6 nitrogen and oxygen atoms in total. The van der Waals surface area contributed by atoms with Gasteiger partial charge in [-0.2, -0.15) is 0 Å². The summed E-state index contributed by atoms with van der Waals surface area (Å²) in [4.78, 5) is 4.14. The van der Waals surface area contributed by atoms with E-state index in [0.717, 1.165) is 0 Å². The zero-order valence-corrected chi connectivity index (χ0v) is 12.7. The van der Waals surface area contributed by atoms with Crippen LogP contribution in [0.4, 0.5) is 5.69 Å². The lowest BCUT2D eigenvalue weighted by Crippen LogP contribution is -2.25.